The van der Waals surface area contributed by atoms with Crippen molar-refractivity contribution in [1.29, 1.82) is 0 Å². The monoisotopic (exact) mass is 380 g/mol. The Morgan fingerprint density at radius 3 is 2.54 bits per heavy atom. The maximum Gasteiger partial charge on any atom is 0.250 e. The highest BCUT2D eigenvalue weighted by Crippen LogP contribution is 2.28. The SMILES string of the molecule is Cc1cc(C)c(NC(=O)CNC(=O)[C@@]2(C)CC(=O)N=C3C=CC=CN32)c(C)c1. The van der Waals surface area contributed by atoms with Crippen LogP contribution in [0.1, 0.15) is 30.0 Å². The third kappa shape index (κ3) is 3.74. The number of nitrogens with one attached hydrogen (secondary N) is 2. The van der Waals surface area contributed by atoms with Gasteiger partial charge in [-0.25, -0.2) is 0 Å². The van der Waals surface area contributed by atoms with Crippen LogP contribution in [0.25, 0.3) is 0 Å². The lowest BCUT2D eigenvalue weighted by atomic mass is 9.91. The smallest absolute Gasteiger partial charge is 0.250 e. The van der Waals surface area contributed by atoms with Crippen molar-refractivity contribution in [3.8, 4) is 0 Å². The highest BCUT2D eigenvalue weighted by molar-refractivity contribution is 6.10. The van der Waals surface area contributed by atoms with Crippen LogP contribution in [0.3, 0.4) is 0 Å². The number of fused-ring (bicyclic) bond motifs is 1. The second-order valence-electron chi connectivity index (χ2n) is 7.39. The van der Waals surface area contributed by atoms with E-state index in [1.807, 2.05) is 32.9 Å². The first-order valence-electron chi connectivity index (χ1n) is 9.12. The molecule has 2 aliphatic heterocycles. The van der Waals surface area contributed by atoms with E-state index in [-0.39, 0.29) is 24.8 Å². The Bertz CT molecular complexity index is 922. The molecule has 0 aliphatic carbocycles. The first-order valence-corrected chi connectivity index (χ1v) is 9.12. The Kier molecular flexibility index (Phi) is 5.18. The minimum Gasteiger partial charge on any atom is -0.345 e. The standard InChI is InChI=1S/C21H24N4O3/c1-13-9-14(2)19(15(3)10-13)24-18(27)12-22-20(28)21(4)11-17(26)23-16-7-5-6-8-25(16)21/h5-10H,11-12H2,1-4H3,(H,22,28)(H,24,27)/t21-/m1/s1. The summed E-state index contributed by atoms with van der Waals surface area (Å²) in [6.07, 6.45) is 6.86. The number of aliphatic imine (C=N–C) groups is 1. The van der Waals surface area contributed by atoms with Crippen molar-refractivity contribution in [1.82, 2.24) is 10.2 Å². The van der Waals surface area contributed by atoms with Crippen LogP contribution in [0.5, 0.6) is 0 Å². The van der Waals surface area contributed by atoms with Gasteiger partial charge in [0.2, 0.25) is 11.8 Å². The molecule has 0 aromatic heterocycles. The van der Waals surface area contributed by atoms with Gasteiger partial charge in [0.25, 0.3) is 5.91 Å². The van der Waals surface area contributed by atoms with Crippen LogP contribution in [-0.4, -0.2) is 40.5 Å². The van der Waals surface area contributed by atoms with Crippen LogP contribution in [0.4, 0.5) is 5.69 Å². The average molecular weight is 380 g/mol. The predicted molar refractivity (Wildman–Crippen MR) is 108 cm³/mol. The molecule has 28 heavy (non-hydrogen) atoms. The van der Waals surface area contributed by atoms with Gasteiger partial charge in [-0.2, -0.15) is 4.99 Å². The number of hydrogen-bond acceptors (Lipinski definition) is 4. The highest BCUT2D eigenvalue weighted by Gasteiger charge is 2.45. The summed E-state index contributed by atoms with van der Waals surface area (Å²) >= 11 is 0. The van der Waals surface area contributed by atoms with Crippen LogP contribution in [0.2, 0.25) is 0 Å². The van der Waals surface area contributed by atoms with Gasteiger partial charge >= 0.3 is 0 Å². The molecule has 3 rings (SSSR count). The number of allylic oxidation sites excluding steroid dienone is 2. The molecule has 1 atom stereocenters. The average Bonchev–Trinajstić information content (AvgIpc) is 2.62. The van der Waals surface area contributed by atoms with Crippen molar-refractivity contribution >= 4 is 29.2 Å². The molecule has 0 unspecified atom stereocenters. The number of amidine groups is 1. The summed E-state index contributed by atoms with van der Waals surface area (Å²) in [4.78, 5) is 42.9. The number of anilines is 1. The van der Waals surface area contributed by atoms with Crippen LogP contribution in [0, 0.1) is 20.8 Å². The Labute approximate surface area is 164 Å². The van der Waals surface area contributed by atoms with E-state index < -0.39 is 11.4 Å². The molecule has 1 aromatic carbocycles. The van der Waals surface area contributed by atoms with Crippen LogP contribution < -0.4 is 10.6 Å². The molecule has 1 aromatic rings. The molecule has 0 spiro atoms. The molecule has 0 fully saturated rings. The van der Waals surface area contributed by atoms with Gasteiger partial charge in [-0.3, -0.25) is 14.4 Å². The van der Waals surface area contributed by atoms with Crippen LogP contribution in [-0.2, 0) is 14.4 Å². The van der Waals surface area contributed by atoms with Crippen LogP contribution >= 0.6 is 0 Å². The van der Waals surface area contributed by atoms with Gasteiger partial charge < -0.3 is 15.5 Å². The van der Waals surface area contributed by atoms with E-state index in [0.717, 1.165) is 22.4 Å². The van der Waals surface area contributed by atoms with Gasteiger partial charge in [-0.1, -0.05) is 23.8 Å². The Balaban J connectivity index is 1.68. The van der Waals surface area contributed by atoms with Gasteiger partial charge in [-0.15, -0.1) is 0 Å². The highest BCUT2D eigenvalue weighted by atomic mass is 16.2. The molecule has 0 saturated heterocycles. The summed E-state index contributed by atoms with van der Waals surface area (Å²) in [6.45, 7) is 7.35. The molecule has 146 valence electrons. The van der Waals surface area contributed by atoms with Crippen molar-refractivity contribution in [3.63, 3.8) is 0 Å². The van der Waals surface area contributed by atoms with Gasteiger partial charge in [0.15, 0.2) is 0 Å². The van der Waals surface area contributed by atoms with E-state index in [9.17, 15) is 14.4 Å². The van der Waals surface area contributed by atoms with Gasteiger partial charge in [0.05, 0.1) is 13.0 Å². The lowest BCUT2D eigenvalue weighted by Crippen LogP contribution is -2.60. The first kappa shape index (κ1) is 19.5. The van der Waals surface area contributed by atoms with E-state index >= 15 is 0 Å². The van der Waals surface area contributed by atoms with Crippen molar-refractivity contribution in [2.45, 2.75) is 39.7 Å². The van der Waals surface area contributed by atoms with Gasteiger partial charge in [0, 0.05) is 11.9 Å². The second kappa shape index (κ2) is 7.42. The summed E-state index contributed by atoms with van der Waals surface area (Å²) in [6, 6.07) is 3.99. The summed E-state index contributed by atoms with van der Waals surface area (Å²) in [7, 11) is 0. The third-order valence-electron chi connectivity index (χ3n) is 4.94. The fraction of sp³-hybridized carbons (Fsp3) is 0.333. The Morgan fingerprint density at radius 2 is 1.86 bits per heavy atom. The molecule has 0 radical (unpaired) electrons. The molecular weight excluding hydrogens is 356 g/mol. The molecule has 3 amide bonds. The molecule has 0 saturated carbocycles. The van der Waals surface area contributed by atoms with Gasteiger partial charge in [0.1, 0.15) is 11.4 Å². The number of carbonyl (C=O) groups is 3. The number of rotatable bonds is 4. The number of aryl methyl sites for hydroxylation is 3. The van der Waals surface area contributed by atoms with Crippen molar-refractivity contribution < 1.29 is 14.4 Å². The molecule has 0 bridgehead atoms. The molecular formula is C21H24N4O3. The lowest BCUT2D eigenvalue weighted by molar-refractivity contribution is -0.135. The van der Waals surface area contributed by atoms with E-state index in [0.29, 0.717) is 5.84 Å². The topological polar surface area (TPSA) is 90.9 Å². The Morgan fingerprint density at radius 1 is 1.18 bits per heavy atom. The van der Waals surface area contributed by atoms with E-state index in [1.54, 1.807) is 36.3 Å². The van der Waals surface area contributed by atoms with Gasteiger partial charge in [-0.05, 0) is 51.0 Å². The minimum atomic E-state index is -1.13. The predicted octanol–water partition coefficient (Wildman–Crippen LogP) is 2.14. The van der Waals surface area contributed by atoms with Crippen LogP contribution in [0.15, 0.2) is 41.6 Å². The molecule has 7 nitrogen and oxygen atoms in total. The number of benzene rings is 1. The van der Waals surface area contributed by atoms with Crippen molar-refractivity contribution in [3.05, 3.63) is 53.3 Å². The maximum atomic E-state index is 12.9. The summed E-state index contributed by atoms with van der Waals surface area (Å²) in [5.41, 5.74) is 2.67. The molecule has 2 N–H and O–H groups in total. The van der Waals surface area contributed by atoms with Crippen molar-refractivity contribution in [2.24, 2.45) is 4.99 Å². The first-order chi connectivity index (χ1) is 13.2. The normalized spacial score (nSPS) is 20.5. The van der Waals surface area contributed by atoms with Crippen molar-refractivity contribution in [2.75, 3.05) is 11.9 Å². The number of nitrogens with zero attached hydrogens (tertiary/aromatic N) is 2. The summed E-state index contributed by atoms with van der Waals surface area (Å²) < 4.78 is 0. The summed E-state index contributed by atoms with van der Waals surface area (Å²) in [5.74, 6) is -0.663. The number of amides is 3. The molecule has 7 heteroatoms. The number of hydrogen-bond donors (Lipinski definition) is 2. The zero-order valence-electron chi connectivity index (χ0n) is 16.5. The maximum absolute atomic E-state index is 12.9. The fourth-order valence-electron chi connectivity index (χ4n) is 3.59. The Hall–Kier alpha value is -3.22. The van der Waals surface area contributed by atoms with E-state index in [1.165, 1.54) is 0 Å². The zero-order valence-corrected chi connectivity index (χ0v) is 16.5. The fourth-order valence-corrected chi connectivity index (χ4v) is 3.59. The largest absolute Gasteiger partial charge is 0.345 e. The molecule has 2 aliphatic rings. The quantitative estimate of drug-likeness (QED) is 0.837. The third-order valence-corrected chi connectivity index (χ3v) is 4.94. The number of carbonyl (C=O) groups excluding carboxylic acids is 3. The molecule has 2 heterocycles. The minimum absolute atomic E-state index is 0.0572. The lowest BCUT2D eigenvalue weighted by Gasteiger charge is -2.41. The summed E-state index contributed by atoms with van der Waals surface area (Å²) in [5, 5.41) is 5.52. The second-order valence-corrected chi connectivity index (χ2v) is 7.39. The van der Waals surface area contributed by atoms with E-state index in [2.05, 4.69) is 15.6 Å². The zero-order chi connectivity index (χ0) is 20.5. The van der Waals surface area contributed by atoms with E-state index in [4.69, 9.17) is 0 Å².